The lowest BCUT2D eigenvalue weighted by atomic mass is 9.90. The summed E-state index contributed by atoms with van der Waals surface area (Å²) in [5.41, 5.74) is 1.75. The molecule has 0 amide bonds. The van der Waals surface area contributed by atoms with Gasteiger partial charge in [-0.1, -0.05) is 67.6 Å². The maximum Gasteiger partial charge on any atom is 0.308 e. The Bertz CT molecular complexity index is 1040. The number of thioether (sulfide) groups is 1. The second kappa shape index (κ2) is 11.7. The quantitative estimate of drug-likeness (QED) is 0.388. The topological polar surface area (TPSA) is 74.7 Å². The lowest BCUT2D eigenvalue weighted by Gasteiger charge is -2.42. The third kappa shape index (κ3) is 6.53. The number of carbonyl (C=O) groups is 1. The van der Waals surface area contributed by atoms with Gasteiger partial charge >= 0.3 is 5.97 Å². The molecule has 3 atom stereocenters. The van der Waals surface area contributed by atoms with E-state index in [2.05, 4.69) is 6.92 Å². The highest BCUT2D eigenvalue weighted by Crippen LogP contribution is 2.42. The van der Waals surface area contributed by atoms with Gasteiger partial charge in [0.15, 0.2) is 0 Å². The lowest BCUT2D eigenvalue weighted by molar-refractivity contribution is -0.143. The molecule has 0 aromatic heterocycles. The Morgan fingerprint density at radius 3 is 2.52 bits per heavy atom. The van der Waals surface area contributed by atoms with Gasteiger partial charge < -0.3 is 5.11 Å². The van der Waals surface area contributed by atoms with Gasteiger partial charge in [-0.2, -0.15) is 16.1 Å². The smallest absolute Gasteiger partial charge is 0.308 e. The number of hydrogen-bond donors (Lipinski definition) is 1. The van der Waals surface area contributed by atoms with E-state index < -0.39 is 28.0 Å². The highest BCUT2D eigenvalue weighted by Gasteiger charge is 2.45. The fourth-order valence-electron chi connectivity index (χ4n) is 4.25. The van der Waals surface area contributed by atoms with E-state index in [-0.39, 0.29) is 16.7 Å². The maximum atomic E-state index is 13.7. The SMILES string of the molecule is CCCCCCS[C@@H]1C[C@@H](c2cccc(Cl)c2)N(S(=O)(=O)c2ccc(C)cc2)C[C@H]1C(=O)O. The highest BCUT2D eigenvalue weighted by molar-refractivity contribution is 7.99. The molecule has 1 fully saturated rings. The molecule has 33 heavy (non-hydrogen) atoms. The molecule has 1 aliphatic rings. The Morgan fingerprint density at radius 1 is 1.15 bits per heavy atom. The molecule has 0 spiro atoms. The van der Waals surface area contributed by atoms with Crippen LogP contribution in [0.3, 0.4) is 0 Å². The number of sulfonamides is 1. The Hall–Kier alpha value is -1.54. The van der Waals surface area contributed by atoms with Crippen molar-refractivity contribution in [1.29, 1.82) is 0 Å². The summed E-state index contributed by atoms with van der Waals surface area (Å²) in [6.07, 6.45) is 4.91. The molecule has 5 nitrogen and oxygen atoms in total. The first kappa shape index (κ1) is 26.1. The number of aliphatic carboxylic acids is 1. The number of aryl methyl sites for hydroxylation is 1. The summed E-state index contributed by atoms with van der Waals surface area (Å²) in [7, 11) is -3.89. The van der Waals surface area contributed by atoms with Gasteiger partial charge in [-0.05, 0) is 55.3 Å². The van der Waals surface area contributed by atoms with Crippen LogP contribution in [0.4, 0.5) is 0 Å². The van der Waals surface area contributed by atoms with Gasteiger partial charge in [0, 0.05) is 16.8 Å². The van der Waals surface area contributed by atoms with Crippen molar-refractivity contribution in [3.05, 3.63) is 64.7 Å². The molecule has 8 heteroatoms. The number of benzene rings is 2. The van der Waals surface area contributed by atoms with Crippen molar-refractivity contribution < 1.29 is 18.3 Å². The molecule has 1 N–H and O–H groups in total. The molecule has 180 valence electrons. The van der Waals surface area contributed by atoms with E-state index in [4.69, 9.17) is 11.6 Å². The molecule has 1 aliphatic heterocycles. The largest absolute Gasteiger partial charge is 0.481 e. The van der Waals surface area contributed by atoms with Gasteiger partial charge in [-0.15, -0.1) is 0 Å². The van der Waals surface area contributed by atoms with Gasteiger partial charge in [0.05, 0.1) is 16.9 Å². The van der Waals surface area contributed by atoms with Crippen molar-refractivity contribution >= 4 is 39.4 Å². The van der Waals surface area contributed by atoms with E-state index in [1.165, 1.54) is 10.7 Å². The molecule has 0 saturated carbocycles. The van der Waals surface area contributed by atoms with Crippen molar-refractivity contribution in [3.8, 4) is 0 Å². The molecule has 0 unspecified atom stereocenters. The van der Waals surface area contributed by atoms with Gasteiger partial charge in [0.25, 0.3) is 0 Å². The van der Waals surface area contributed by atoms with E-state index in [0.717, 1.165) is 36.1 Å². The van der Waals surface area contributed by atoms with Crippen LogP contribution in [0.15, 0.2) is 53.4 Å². The summed E-state index contributed by atoms with van der Waals surface area (Å²) in [4.78, 5) is 12.4. The van der Waals surface area contributed by atoms with Crippen LogP contribution in [0, 0.1) is 12.8 Å². The zero-order valence-electron chi connectivity index (χ0n) is 19.1. The number of halogens is 1. The van der Waals surface area contributed by atoms with Crippen molar-refractivity contribution in [2.75, 3.05) is 12.3 Å². The lowest BCUT2D eigenvalue weighted by Crippen LogP contribution is -2.49. The fourth-order valence-corrected chi connectivity index (χ4v) is 7.53. The standard InChI is InChI=1S/C25H32ClNO4S2/c1-3-4-5-6-14-32-24-16-23(19-8-7-9-20(26)15-19)27(17-22(24)25(28)29)33(30,31)21-12-10-18(2)11-13-21/h7-13,15,22-24H,3-6,14,16-17H2,1-2H3,(H,28,29)/t22-,23+,24-/m1/s1. The van der Waals surface area contributed by atoms with Gasteiger partial charge in [-0.25, -0.2) is 8.42 Å². The van der Waals surface area contributed by atoms with Crippen LogP contribution in [-0.2, 0) is 14.8 Å². The zero-order valence-corrected chi connectivity index (χ0v) is 21.5. The highest BCUT2D eigenvalue weighted by atomic mass is 35.5. The fraction of sp³-hybridized carbons (Fsp3) is 0.480. The van der Waals surface area contributed by atoms with Crippen LogP contribution in [-0.4, -0.2) is 41.3 Å². The summed E-state index contributed by atoms with van der Waals surface area (Å²) in [6.45, 7) is 4.00. The third-order valence-corrected chi connectivity index (χ3v) is 9.73. The van der Waals surface area contributed by atoms with Gasteiger partial charge in [-0.3, -0.25) is 4.79 Å². The van der Waals surface area contributed by atoms with Crippen LogP contribution in [0.1, 0.15) is 56.2 Å². The molecule has 2 aromatic carbocycles. The van der Waals surface area contributed by atoms with Crippen LogP contribution in [0.2, 0.25) is 5.02 Å². The zero-order chi connectivity index (χ0) is 24.0. The summed E-state index contributed by atoms with van der Waals surface area (Å²) in [5.74, 6) is -0.840. The third-order valence-electron chi connectivity index (χ3n) is 6.14. The Morgan fingerprint density at radius 2 is 1.88 bits per heavy atom. The molecular weight excluding hydrogens is 478 g/mol. The van der Waals surface area contributed by atoms with E-state index in [1.807, 2.05) is 19.1 Å². The monoisotopic (exact) mass is 509 g/mol. The summed E-state index contributed by atoms with van der Waals surface area (Å²) in [6, 6.07) is 13.4. The number of rotatable bonds is 10. The second-order valence-electron chi connectivity index (χ2n) is 8.61. The predicted octanol–water partition coefficient (Wildman–Crippen LogP) is 6.17. The second-order valence-corrected chi connectivity index (χ2v) is 12.3. The first-order valence-corrected chi connectivity index (χ1v) is 14.3. The number of nitrogens with zero attached hydrogens (tertiary/aromatic N) is 1. The average molecular weight is 510 g/mol. The molecular formula is C25H32ClNO4S2. The van der Waals surface area contributed by atoms with Crippen molar-refractivity contribution in [2.24, 2.45) is 5.92 Å². The number of unbranched alkanes of at least 4 members (excludes halogenated alkanes) is 3. The number of carboxylic acid groups (broad SMARTS) is 1. The molecule has 3 rings (SSSR count). The molecule has 0 bridgehead atoms. The molecule has 2 aromatic rings. The van der Waals surface area contributed by atoms with Gasteiger partial charge in [0.1, 0.15) is 0 Å². The van der Waals surface area contributed by atoms with Crippen molar-refractivity contribution in [2.45, 2.75) is 62.1 Å². The Kier molecular flexibility index (Phi) is 9.27. The van der Waals surface area contributed by atoms with Crippen molar-refractivity contribution in [3.63, 3.8) is 0 Å². The number of hydrogen-bond acceptors (Lipinski definition) is 4. The number of piperidine rings is 1. The summed E-state index contributed by atoms with van der Waals surface area (Å²) in [5, 5.41) is 10.3. The van der Waals surface area contributed by atoms with Crippen LogP contribution in [0.25, 0.3) is 0 Å². The average Bonchev–Trinajstić information content (AvgIpc) is 2.78. The van der Waals surface area contributed by atoms with E-state index in [1.54, 1.807) is 48.2 Å². The minimum Gasteiger partial charge on any atom is -0.481 e. The first-order chi connectivity index (χ1) is 15.7. The Labute approximate surface area is 206 Å². The molecule has 0 radical (unpaired) electrons. The predicted molar refractivity (Wildman–Crippen MR) is 135 cm³/mol. The molecule has 1 saturated heterocycles. The summed E-state index contributed by atoms with van der Waals surface area (Å²) < 4.78 is 28.7. The minimum atomic E-state index is -3.89. The minimum absolute atomic E-state index is 0.0602. The number of carboxylic acids is 1. The van der Waals surface area contributed by atoms with Crippen molar-refractivity contribution in [1.82, 2.24) is 4.31 Å². The summed E-state index contributed by atoms with van der Waals surface area (Å²) >= 11 is 7.90. The molecule has 0 aliphatic carbocycles. The maximum absolute atomic E-state index is 13.7. The van der Waals surface area contributed by atoms with Crippen LogP contribution in [0.5, 0.6) is 0 Å². The Balaban J connectivity index is 1.94. The first-order valence-electron chi connectivity index (χ1n) is 11.4. The van der Waals surface area contributed by atoms with Crippen LogP contribution < -0.4 is 0 Å². The van der Waals surface area contributed by atoms with E-state index in [9.17, 15) is 18.3 Å². The van der Waals surface area contributed by atoms with Crippen LogP contribution >= 0.6 is 23.4 Å². The van der Waals surface area contributed by atoms with E-state index >= 15 is 0 Å². The van der Waals surface area contributed by atoms with Gasteiger partial charge in [0.2, 0.25) is 10.0 Å². The molecule has 1 heterocycles. The van der Waals surface area contributed by atoms with E-state index in [0.29, 0.717) is 11.4 Å². The normalized spacial score (nSPS) is 21.7.